The van der Waals surface area contributed by atoms with Crippen LogP contribution in [-0.4, -0.2) is 37.8 Å². The first-order valence-corrected chi connectivity index (χ1v) is 8.38. The van der Waals surface area contributed by atoms with Crippen LogP contribution >= 0.6 is 0 Å². The molecule has 27 heavy (non-hydrogen) atoms. The zero-order valence-electron chi connectivity index (χ0n) is 15.6. The van der Waals surface area contributed by atoms with E-state index in [1.807, 2.05) is 19.1 Å². The zero-order valence-corrected chi connectivity index (χ0v) is 15.6. The molecule has 7 heteroatoms. The highest BCUT2D eigenvalue weighted by Gasteiger charge is 2.09. The van der Waals surface area contributed by atoms with E-state index in [4.69, 9.17) is 19.3 Å². The van der Waals surface area contributed by atoms with Crippen molar-refractivity contribution in [2.45, 2.75) is 19.8 Å². The van der Waals surface area contributed by atoms with Gasteiger partial charge in [0, 0.05) is 18.2 Å². The van der Waals surface area contributed by atoms with Crippen LogP contribution < -0.4 is 19.5 Å². The topological polar surface area (TPSA) is 94.1 Å². The van der Waals surface area contributed by atoms with E-state index in [0.29, 0.717) is 35.8 Å². The molecule has 2 N–H and O–H groups in total. The molecule has 1 amide bonds. The molecular formula is C20H23NO6. The molecule has 0 aliphatic carbocycles. The zero-order chi connectivity index (χ0) is 19.8. The molecule has 2 rings (SSSR count). The van der Waals surface area contributed by atoms with Crippen molar-refractivity contribution >= 4 is 17.6 Å². The summed E-state index contributed by atoms with van der Waals surface area (Å²) in [6.45, 7) is 1.41. The Morgan fingerprint density at radius 1 is 1.00 bits per heavy atom. The van der Waals surface area contributed by atoms with Gasteiger partial charge in [-0.2, -0.15) is 0 Å². The molecule has 0 saturated heterocycles. The predicted molar refractivity (Wildman–Crippen MR) is 101 cm³/mol. The number of hydrogen-bond donors (Lipinski definition) is 2. The van der Waals surface area contributed by atoms with Crippen LogP contribution in [0.1, 0.15) is 17.5 Å². The molecule has 0 bridgehead atoms. The second kappa shape index (κ2) is 9.47. The second-order valence-corrected chi connectivity index (χ2v) is 5.93. The van der Waals surface area contributed by atoms with Gasteiger partial charge in [0.2, 0.25) is 5.91 Å². The highest BCUT2D eigenvalue weighted by molar-refractivity contribution is 5.91. The number of aliphatic carboxylic acids is 1. The van der Waals surface area contributed by atoms with Gasteiger partial charge >= 0.3 is 5.97 Å². The molecule has 0 saturated carbocycles. The van der Waals surface area contributed by atoms with Gasteiger partial charge in [0.1, 0.15) is 17.2 Å². The largest absolute Gasteiger partial charge is 0.497 e. The molecule has 0 radical (unpaired) electrons. The summed E-state index contributed by atoms with van der Waals surface area (Å²) in [5.41, 5.74) is 2.38. The summed E-state index contributed by atoms with van der Waals surface area (Å²) >= 11 is 0. The first-order chi connectivity index (χ1) is 12.9. The maximum atomic E-state index is 12.3. The second-order valence-electron chi connectivity index (χ2n) is 5.93. The molecule has 0 spiro atoms. The van der Waals surface area contributed by atoms with Crippen LogP contribution in [0, 0.1) is 6.92 Å². The smallest absolute Gasteiger partial charge is 0.341 e. The van der Waals surface area contributed by atoms with E-state index >= 15 is 0 Å². The Labute approximate surface area is 157 Å². The molecule has 7 nitrogen and oxygen atoms in total. The normalized spacial score (nSPS) is 10.2. The van der Waals surface area contributed by atoms with Gasteiger partial charge in [0.15, 0.2) is 6.61 Å². The number of benzene rings is 2. The molecule has 0 fully saturated rings. The van der Waals surface area contributed by atoms with E-state index in [9.17, 15) is 9.59 Å². The molecule has 0 heterocycles. The van der Waals surface area contributed by atoms with Crippen LogP contribution in [0.4, 0.5) is 5.69 Å². The first-order valence-electron chi connectivity index (χ1n) is 8.38. The molecule has 0 aromatic heterocycles. The highest BCUT2D eigenvalue weighted by Crippen LogP contribution is 2.24. The number of carboxylic acid groups (broad SMARTS) is 1. The number of carbonyl (C=O) groups is 2. The van der Waals surface area contributed by atoms with Gasteiger partial charge in [-0.05, 0) is 54.8 Å². The van der Waals surface area contributed by atoms with Crippen LogP contribution in [0.2, 0.25) is 0 Å². The highest BCUT2D eigenvalue weighted by atomic mass is 16.5. The van der Waals surface area contributed by atoms with Gasteiger partial charge in [-0.1, -0.05) is 0 Å². The Hall–Kier alpha value is -3.22. The Kier molecular flexibility index (Phi) is 7.05. The van der Waals surface area contributed by atoms with Gasteiger partial charge < -0.3 is 24.6 Å². The number of ether oxygens (including phenoxy) is 3. The summed E-state index contributed by atoms with van der Waals surface area (Å²) in [7, 11) is 3.16. The Morgan fingerprint density at radius 2 is 1.67 bits per heavy atom. The number of anilines is 1. The van der Waals surface area contributed by atoms with Crippen molar-refractivity contribution in [2.24, 2.45) is 0 Å². The van der Waals surface area contributed by atoms with E-state index in [-0.39, 0.29) is 5.91 Å². The van der Waals surface area contributed by atoms with Gasteiger partial charge in [-0.3, -0.25) is 4.79 Å². The molecule has 0 unspecified atom stereocenters. The molecule has 0 atom stereocenters. The Balaban J connectivity index is 1.95. The Morgan fingerprint density at radius 3 is 2.22 bits per heavy atom. The number of aryl methyl sites for hydroxylation is 2. The number of carbonyl (C=O) groups excluding carboxylic acids is 1. The summed E-state index contributed by atoms with van der Waals surface area (Å²) in [5.74, 6) is 0.629. The average Bonchev–Trinajstić information content (AvgIpc) is 2.66. The van der Waals surface area contributed by atoms with Crippen LogP contribution in [0.25, 0.3) is 0 Å². The van der Waals surface area contributed by atoms with Crippen molar-refractivity contribution in [1.29, 1.82) is 0 Å². The summed E-state index contributed by atoms with van der Waals surface area (Å²) < 4.78 is 15.6. The first kappa shape index (κ1) is 20.1. The third kappa shape index (κ3) is 6.22. The minimum absolute atomic E-state index is 0.126. The van der Waals surface area contributed by atoms with E-state index in [1.165, 1.54) is 0 Å². The van der Waals surface area contributed by atoms with Gasteiger partial charge in [0.05, 0.1) is 14.2 Å². The van der Waals surface area contributed by atoms with Crippen molar-refractivity contribution in [2.75, 3.05) is 26.1 Å². The molecule has 2 aromatic carbocycles. The number of nitrogens with one attached hydrogen (secondary N) is 1. The minimum Gasteiger partial charge on any atom is -0.497 e. The van der Waals surface area contributed by atoms with Crippen molar-refractivity contribution in [3.8, 4) is 17.2 Å². The number of amides is 1. The molecule has 0 aliphatic heterocycles. The summed E-state index contributed by atoms with van der Waals surface area (Å²) in [5, 5.41) is 11.5. The molecular weight excluding hydrogens is 350 g/mol. The standard InChI is InChI=1S/C20H23NO6/c1-13-8-15(27-12-20(23)24)5-6-18(13)21-19(22)7-4-14-9-16(25-2)11-17(10-14)26-3/h5-6,8-11H,4,7,12H2,1-3H3,(H,21,22)(H,23,24). The van der Waals surface area contributed by atoms with Crippen molar-refractivity contribution in [3.05, 3.63) is 47.5 Å². The molecule has 0 aliphatic rings. The SMILES string of the molecule is COc1cc(CCC(=O)Nc2ccc(OCC(=O)O)cc2C)cc(OC)c1. The fourth-order valence-corrected chi connectivity index (χ4v) is 2.49. The number of hydrogen-bond acceptors (Lipinski definition) is 5. The lowest BCUT2D eigenvalue weighted by Gasteiger charge is -2.11. The third-order valence-electron chi connectivity index (χ3n) is 3.89. The maximum Gasteiger partial charge on any atom is 0.341 e. The van der Waals surface area contributed by atoms with Crippen molar-refractivity contribution in [3.63, 3.8) is 0 Å². The molecule has 144 valence electrons. The van der Waals surface area contributed by atoms with Crippen LogP contribution in [0.3, 0.4) is 0 Å². The van der Waals surface area contributed by atoms with Crippen LogP contribution in [0.15, 0.2) is 36.4 Å². The fourth-order valence-electron chi connectivity index (χ4n) is 2.49. The number of methoxy groups -OCH3 is 2. The number of rotatable bonds is 9. The van der Waals surface area contributed by atoms with Crippen LogP contribution in [0.5, 0.6) is 17.2 Å². The van der Waals surface area contributed by atoms with E-state index in [2.05, 4.69) is 5.32 Å². The van der Waals surface area contributed by atoms with E-state index in [1.54, 1.807) is 38.5 Å². The fraction of sp³-hybridized carbons (Fsp3) is 0.300. The average molecular weight is 373 g/mol. The monoisotopic (exact) mass is 373 g/mol. The van der Waals surface area contributed by atoms with Gasteiger partial charge in [0.25, 0.3) is 0 Å². The minimum atomic E-state index is -1.04. The van der Waals surface area contributed by atoms with Crippen molar-refractivity contribution in [1.82, 2.24) is 0 Å². The number of carboxylic acids is 1. The van der Waals surface area contributed by atoms with Crippen LogP contribution in [-0.2, 0) is 16.0 Å². The maximum absolute atomic E-state index is 12.3. The third-order valence-corrected chi connectivity index (χ3v) is 3.89. The Bertz CT molecular complexity index is 796. The predicted octanol–water partition coefficient (Wildman–Crippen LogP) is 3.05. The van der Waals surface area contributed by atoms with E-state index < -0.39 is 12.6 Å². The summed E-state index contributed by atoms with van der Waals surface area (Å²) in [4.78, 5) is 22.8. The van der Waals surface area contributed by atoms with E-state index in [0.717, 1.165) is 11.1 Å². The van der Waals surface area contributed by atoms with Gasteiger partial charge in [-0.15, -0.1) is 0 Å². The van der Waals surface area contributed by atoms with Gasteiger partial charge in [-0.25, -0.2) is 4.79 Å². The lowest BCUT2D eigenvalue weighted by atomic mass is 10.1. The lowest BCUT2D eigenvalue weighted by molar-refractivity contribution is -0.139. The lowest BCUT2D eigenvalue weighted by Crippen LogP contribution is -2.13. The molecule has 2 aromatic rings. The van der Waals surface area contributed by atoms with Crippen molar-refractivity contribution < 1.29 is 28.9 Å². The quantitative estimate of drug-likeness (QED) is 0.702. The summed E-state index contributed by atoms with van der Waals surface area (Å²) in [6, 6.07) is 10.5. The summed E-state index contributed by atoms with van der Waals surface area (Å²) in [6.07, 6.45) is 0.839.